The number of aromatic nitrogens is 1. The summed E-state index contributed by atoms with van der Waals surface area (Å²) in [6.07, 6.45) is 3.19. The van der Waals surface area contributed by atoms with Gasteiger partial charge in [-0.3, -0.25) is 9.69 Å². The number of para-hydroxylation sites is 1. The molecule has 1 fully saturated rings. The van der Waals surface area contributed by atoms with Crippen molar-refractivity contribution >= 4 is 27.4 Å². The number of hydrogen-bond acceptors (Lipinski definition) is 6. The smallest absolute Gasteiger partial charge is 0.244 e. The number of sulfonamides is 1. The van der Waals surface area contributed by atoms with Gasteiger partial charge in [-0.1, -0.05) is 32.0 Å². The average molecular weight is 446 g/mol. The van der Waals surface area contributed by atoms with Gasteiger partial charge in [0, 0.05) is 44.1 Å². The number of amides is 1. The number of nitrogens with one attached hydrogen (secondary N) is 2. The summed E-state index contributed by atoms with van der Waals surface area (Å²) >= 11 is 0. The largest absolute Gasteiger partial charge is 0.367 e. The molecule has 1 amide bonds. The molecular formula is C22H31N5O3S. The summed E-state index contributed by atoms with van der Waals surface area (Å²) in [5.41, 5.74) is 0.807. The second-order valence-electron chi connectivity index (χ2n) is 7.58. The number of carbonyl (C=O) groups is 1. The van der Waals surface area contributed by atoms with Crippen molar-refractivity contribution in [1.29, 1.82) is 0 Å². The molecule has 0 aliphatic carbocycles. The fourth-order valence-corrected chi connectivity index (χ4v) is 5.10. The SMILES string of the molecule is CCN(CC)S(=O)(=O)c1ccc(NC2CCN(CC(=O)Nc3ccccc3)CC2)nc1. The number of likely N-dealkylation sites (tertiary alicyclic amines) is 1. The van der Waals surface area contributed by atoms with Gasteiger partial charge in [-0.2, -0.15) is 4.31 Å². The lowest BCUT2D eigenvalue weighted by atomic mass is 10.1. The molecule has 8 nitrogen and oxygen atoms in total. The highest BCUT2D eigenvalue weighted by atomic mass is 32.2. The van der Waals surface area contributed by atoms with Crippen molar-refractivity contribution in [2.24, 2.45) is 0 Å². The van der Waals surface area contributed by atoms with Gasteiger partial charge in [0.05, 0.1) is 6.54 Å². The number of anilines is 2. The van der Waals surface area contributed by atoms with Gasteiger partial charge in [-0.25, -0.2) is 13.4 Å². The number of nitrogens with zero attached hydrogens (tertiary/aromatic N) is 3. The van der Waals surface area contributed by atoms with Crippen molar-refractivity contribution in [2.75, 3.05) is 43.4 Å². The minimum Gasteiger partial charge on any atom is -0.367 e. The predicted molar refractivity (Wildman–Crippen MR) is 123 cm³/mol. The molecule has 0 saturated carbocycles. The van der Waals surface area contributed by atoms with Gasteiger partial charge in [0.2, 0.25) is 15.9 Å². The van der Waals surface area contributed by atoms with Gasteiger partial charge in [0.1, 0.15) is 10.7 Å². The molecule has 1 saturated heterocycles. The standard InChI is InChI=1S/C22H31N5O3S/c1-3-27(4-2)31(29,30)20-10-11-21(23-16-20)24-19-12-14-26(15-13-19)17-22(28)25-18-8-6-5-7-9-18/h5-11,16,19H,3-4,12-15,17H2,1-2H3,(H,23,24)(H,25,28). The Kier molecular flexibility index (Phi) is 8.00. The Balaban J connectivity index is 1.47. The first-order valence-electron chi connectivity index (χ1n) is 10.7. The van der Waals surface area contributed by atoms with Gasteiger partial charge in [0.15, 0.2) is 0 Å². The number of rotatable bonds is 9. The second kappa shape index (κ2) is 10.7. The Labute approximate surface area is 184 Å². The highest BCUT2D eigenvalue weighted by Crippen LogP contribution is 2.19. The maximum atomic E-state index is 12.6. The number of hydrogen-bond donors (Lipinski definition) is 2. The van der Waals surface area contributed by atoms with Crippen molar-refractivity contribution in [3.63, 3.8) is 0 Å². The Bertz CT molecular complexity index is 939. The lowest BCUT2D eigenvalue weighted by Gasteiger charge is -2.32. The highest BCUT2D eigenvalue weighted by Gasteiger charge is 2.23. The van der Waals surface area contributed by atoms with E-state index in [2.05, 4.69) is 20.5 Å². The first-order chi connectivity index (χ1) is 14.9. The van der Waals surface area contributed by atoms with E-state index in [1.54, 1.807) is 12.1 Å². The lowest BCUT2D eigenvalue weighted by Crippen LogP contribution is -2.42. The van der Waals surface area contributed by atoms with Crippen molar-refractivity contribution in [2.45, 2.75) is 37.6 Å². The summed E-state index contributed by atoms with van der Waals surface area (Å²) < 4.78 is 26.5. The van der Waals surface area contributed by atoms with E-state index in [9.17, 15) is 13.2 Å². The zero-order chi connectivity index (χ0) is 22.3. The molecule has 168 valence electrons. The molecule has 2 N–H and O–H groups in total. The van der Waals surface area contributed by atoms with E-state index in [1.807, 2.05) is 44.2 Å². The maximum Gasteiger partial charge on any atom is 0.244 e. The van der Waals surface area contributed by atoms with Crippen LogP contribution in [0.1, 0.15) is 26.7 Å². The van der Waals surface area contributed by atoms with Crippen LogP contribution in [0, 0.1) is 0 Å². The molecule has 0 atom stereocenters. The molecule has 3 rings (SSSR count). The second-order valence-corrected chi connectivity index (χ2v) is 9.52. The number of carbonyl (C=O) groups excluding carboxylic acids is 1. The summed E-state index contributed by atoms with van der Waals surface area (Å²) in [5.74, 6) is 0.656. The van der Waals surface area contributed by atoms with E-state index in [4.69, 9.17) is 0 Å². The van der Waals surface area contributed by atoms with Crippen molar-refractivity contribution < 1.29 is 13.2 Å². The molecular weight excluding hydrogens is 414 g/mol. The van der Waals surface area contributed by atoms with Gasteiger partial charge in [0.25, 0.3) is 0 Å². The molecule has 1 aliphatic heterocycles. The van der Waals surface area contributed by atoms with Crippen molar-refractivity contribution in [3.8, 4) is 0 Å². The van der Waals surface area contributed by atoms with Crippen LogP contribution in [-0.2, 0) is 14.8 Å². The summed E-state index contributed by atoms with van der Waals surface area (Å²) in [7, 11) is -3.49. The number of pyridine rings is 1. The van der Waals surface area contributed by atoms with Crippen LogP contribution in [0.2, 0.25) is 0 Å². The zero-order valence-corrected chi connectivity index (χ0v) is 18.9. The molecule has 0 radical (unpaired) electrons. The molecule has 9 heteroatoms. The summed E-state index contributed by atoms with van der Waals surface area (Å²) in [6, 6.07) is 13.0. The fraction of sp³-hybridized carbons (Fsp3) is 0.455. The molecule has 0 spiro atoms. The van der Waals surface area contributed by atoms with Crippen LogP contribution in [-0.4, -0.2) is 67.3 Å². The summed E-state index contributed by atoms with van der Waals surface area (Å²) in [4.78, 5) is 18.9. The zero-order valence-electron chi connectivity index (χ0n) is 18.1. The molecule has 1 aliphatic rings. The molecule has 2 heterocycles. The predicted octanol–water partition coefficient (Wildman–Crippen LogP) is 2.63. The third kappa shape index (κ3) is 6.25. The highest BCUT2D eigenvalue weighted by molar-refractivity contribution is 7.89. The maximum absolute atomic E-state index is 12.6. The van der Waals surface area contributed by atoms with Gasteiger partial charge in [-0.05, 0) is 37.1 Å². The van der Waals surface area contributed by atoms with E-state index in [1.165, 1.54) is 10.5 Å². The van der Waals surface area contributed by atoms with Gasteiger partial charge >= 0.3 is 0 Å². The van der Waals surface area contributed by atoms with Crippen LogP contribution < -0.4 is 10.6 Å². The van der Waals surface area contributed by atoms with Crippen LogP contribution in [0.5, 0.6) is 0 Å². The normalized spacial score (nSPS) is 15.7. The average Bonchev–Trinajstić information content (AvgIpc) is 2.77. The van der Waals surface area contributed by atoms with E-state index in [0.717, 1.165) is 31.6 Å². The molecule has 2 aromatic rings. The third-order valence-electron chi connectivity index (χ3n) is 5.44. The monoisotopic (exact) mass is 445 g/mol. The Morgan fingerprint density at radius 1 is 1.10 bits per heavy atom. The topological polar surface area (TPSA) is 94.6 Å². The van der Waals surface area contributed by atoms with Gasteiger partial charge < -0.3 is 10.6 Å². The van der Waals surface area contributed by atoms with Crippen molar-refractivity contribution in [3.05, 3.63) is 48.7 Å². The van der Waals surface area contributed by atoms with Gasteiger partial charge in [-0.15, -0.1) is 0 Å². The van der Waals surface area contributed by atoms with E-state index >= 15 is 0 Å². The number of benzene rings is 1. The quantitative estimate of drug-likeness (QED) is 0.616. The third-order valence-corrected chi connectivity index (χ3v) is 7.48. The first-order valence-corrected chi connectivity index (χ1v) is 12.2. The molecule has 1 aromatic heterocycles. The minimum atomic E-state index is -3.49. The molecule has 1 aromatic carbocycles. The Hall–Kier alpha value is -2.49. The first kappa shape index (κ1) is 23.2. The van der Waals surface area contributed by atoms with Crippen molar-refractivity contribution in [1.82, 2.24) is 14.2 Å². The molecule has 0 bridgehead atoms. The van der Waals surface area contributed by atoms with E-state index in [0.29, 0.717) is 25.5 Å². The van der Waals surface area contributed by atoms with Crippen LogP contribution in [0.15, 0.2) is 53.6 Å². The van der Waals surface area contributed by atoms with Crippen LogP contribution >= 0.6 is 0 Å². The van der Waals surface area contributed by atoms with Crippen LogP contribution in [0.3, 0.4) is 0 Å². The molecule has 31 heavy (non-hydrogen) atoms. The molecule has 0 unspecified atom stereocenters. The summed E-state index contributed by atoms with van der Waals surface area (Å²) in [5, 5.41) is 6.30. The minimum absolute atomic E-state index is 0.00993. The van der Waals surface area contributed by atoms with Crippen LogP contribution in [0.25, 0.3) is 0 Å². The fourth-order valence-electron chi connectivity index (χ4n) is 3.70. The number of piperidine rings is 1. The Morgan fingerprint density at radius 2 is 1.77 bits per heavy atom. The summed E-state index contributed by atoms with van der Waals surface area (Å²) in [6.45, 7) is 6.51. The van der Waals surface area contributed by atoms with E-state index < -0.39 is 10.0 Å². The lowest BCUT2D eigenvalue weighted by molar-refractivity contribution is -0.117. The van der Waals surface area contributed by atoms with Crippen LogP contribution in [0.4, 0.5) is 11.5 Å². The van der Waals surface area contributed by atoms with E-state index in [-0.39, 0.29) is 16.8 Å². The Morgan fingerprint density at radius 3 is 2.35 bits per heavy atom.